The normalized spacial score (nSPS) is 31.4. The Bertz CT molecular complexity index is 854. The molecule has 2 bridgehead atoms. The van der Waals surface area contributed by atoms with E-state index in [2.05, 4.69) is 36.0 Å². The molecule has 2 amide bonds. The van der Waals surface area contributed by atoms with Gasteiger partial charge in [0.25, 0.3) is 0 Å². The summed E-state index contributed by atoms with van der Waals surface area (Å²) >= 11 is 5.37. The van der Waals surface area contributed by atoms with Crippen molar-refractivity contribution in [3.05, 3.63) is 25.3 Å². The van der Waals surface area contributed by atoms with Crippen LogP contribution in [0.15, 0.2) is 25.3 Å². The molecule has 0 aromatic carbocycles. The number of alkyl halides is 1. The first-order valence-corrected chi connectivity index (χ1v) is 14.9. The van der Waals surface area contributed by atoms with Crippen molar-refractivity contribution < 1.29 is 24.2 Å². The van der Waals surface area contributed by atoms with Crippen molar-refractivity contribution in [3.8, 4) is 0 Å². The zero-order chi connectivity index (χ0) is 26.6. The SMILES string of the molecule is C=CCCOC(=O)[C@H]1[C@H]2C(=O)N([C@@H](CO)C(C)C)C(C(=O)N(CC=C)CCCCC)C23CC(Br)[C@@H]1S3. The molecule has 202 valence electrons. The average Bonchev–Trinajstić information content (AvgIpc) is 3.42. The second-order valence-electron chi connectivity index (χ2n) is 10.4. The summed E-state index contributed by atoms with van der Waals surface area (Å²) < 4.78 is 4.82. The first-order chi connectivity index (χ1) is 17.2. The van der Waals surface area contributed by atoms with Crippen LogP contribution in [0.1, 0.15) is 52.9 Å². The number of halogens is 1. The van der Waals surface area contributed by atoms with Gasteiger partial charge in [0.05, 0.1) is 35.8 Å². The predicted octanol–water partition coefficient (Wildman–Crippen LogP) is 3.79. The number of carbonyl (C=O) groups is 3. The van der Waals surface area contributed by atoms with E-state index in [0.29, 0.717) is 25.9 Å². The highest BCUT2D eigenvalue weighted by Gasteiger charge is 2.76. The predicted molar refractivity (Wildman–Crippen MR) is 147 cm³/mol. The standard InChI is InChI=1S/C27H41BrN2O5S/c1-6-9-11-13-29(12-8-3)25(33)23-27-15-18(28)22(36-27)20(26(34)35-14-10-7-2)21(27)24(32)30(23)19(16-31)17(4)5/h7-8,17-23,31H,2-3,6,9-16H2,1,4-5H3/t18?,19-,20-,21-,22-,23?,27?/m0/s1. The molecule has 7 atom stereocenters. The smallest absolute Gasteiger partial charge is 0.310 e. The highest BCUT2D eigenvalue weighted by molar-refractivity contribution is 9.09. The van der Waals surface area contributed by atoms with Crippen LogP contribution in [0.3, 0.4) is 0 Å². The fourth-order valence-corrected chi connectivity index (χ4v) is 9.69. The first-order valence-electron chi connectivity index (χ1n) is 13.1. The number of ether oxygens (including phenoxy) is 1. The van der Waals surface area contributed by atoms with Crippen LogP contribution in [-0.2, 0) is 19.1 Å². The van der Waals surface area contributed by atoms with Gasteiger partial charge in [0.1, 0.15) is 6.04 Å². The molecular weight excluding hydrogens is 544 g/mol. The molecule has 3 heterocycles. The number of amides is 2. The maximum atomic E-state index is 14.3. The summed E-state index contributed by atoms with van der Waals surface area (Å²) in [6, 6.07) is -1.27. The van der Waals surface area contributed by atoms with Crippen LogP contribution in [0.4, 0.5) is 0 Å². The van der Waals surface area contributed by atoms with Crippen molar-refractivity contribution >= 4 is 45.5 Å². The number of aliphatic hydroxyl groups is 1. The fourth-order valence-electron chi connectivity index (χ4n) is 6.11. The lowest BCUT2D eigenvalue weighted by Gasteiger charge is -2.41. The zero-order valence-corrected chi connectivity index (χ0v) is 24.1. The molecule has 3 aliphatic rings. The van der Waals surface area contributed by atoms with E-state index >= 15 is 0 Å². The van der Waals surface area contributed by atoms with Crippen LogP contribution in [0.25, 0.3) is 0 Å². The Balaban J connectivity index is 2.05. The molecule has 3 aliphatic heterocycles. The number of fused-ring (bicyclic) bond motifs is 1. The Kier molecular flexibility index (Phi) is 10.1. The van der Waals surface area contributed by atoms with Crippen LogP contribution >= 0.6 is 27.7 Å². The highest BCUT2D eigenvalue weighted by Crippen LogP contribution is 2.68. The van der Waals surface area contributed by atoms with Crippen molar-refractivity contribution in [2.45, 2.75) is 79.8 Å². The largest absolute Gasteiger partial charge is 0.465 e. The number of aliphatic hydroxyl groups excluding tert-OH is 1. The number of hydrogen-bond acceptors (Lipinski definition) is 6. The van der Waals surface area contributed by atoms with Gasteiger partial charge < -0.3 is 19.6 Å². The molecule has 1 N–H and O–H groups in total. The third-order valence-electron chi connectivity index (χ3n) is 7.81. The van der Waals surface area contributed by atoms with Gasteiger partial charge in [0.2, 0.25) is 11.8 Å². The molecule has 9 heteroatoms. The third-order valence-corrected chi connectivity index (χ3v) is 11.0. The van der Waals surface area contributed by atoms with Crippen LogP contribution in [0.2, 0.25) is 0 Å². The summed E-state index contributed by atoms with van der Waals surface area (Å²) in [4.78, 5) is 45.2. The Labute approximate surface area is 228 Å². The van der Waals surface area contributed by atoms with Crippen LogP contribution in [0, 0.1) is 17.8 Å². The van der Waals surface area contributed by atoms with E-state index in [1.807, 2.05) is 13.8 Å². The quantitative estimate of drug-likeness (QED) is 0.145. The molecule has 0 saturated carbocycles. The van der Waals surface area contributed by atoms with Crippen LogP contribution in [0.5, 0.6) is 0 Å². The van der Waals surface area contributed by atoms with Gasteiger partial charge in [-0.2, -0.15) is 0 Å². The van der Waals surface area contributed by atoms with Gasteiger partial charge in [-0.1, -0.05) is 61.7 Å². The number of likely N-dealkylation sites (tertiary alicyclic amines) is 1. The summed E-state index contributed by atoms with van der Waals surface area (Å²) in [6.45, 7) is 14.5. The summed E-state index contributed by atoms with van der Waals surface area (Å²) in [6.07, 6.45) is 7.47. The minimum atomic E-state index is -0.753. The molecule has 0 aromatic rings. The van der Waals surface area contributed by atoms with E-state index in [-0.39, 0.29) is 47.0 Å². The molecule has 0 aliphatic carbocycles. The Hall–Kier alpha value is -1.32. The minimum Gasteiger partial charge on any atom is -0.465 e. The van der Waals surface area contributed by atoms with E-state index in [1.54, 1.807) is 33.7 Å². The fraction of sp³-hybridized carbons (Fsp3) is 0.741. The van der Waals surface area contributed by atoms with Crippen molar-refractivity contribution in [2.75, 3.05) is 26.3 Å². The number of nitrogens with zero attached hydrogens (tertiary/aromatic N) is 2. The van der Waals surface area contributed by atoms with E-state index in [4.69, 9.17) is 4.74 Å². The second kappa shape index (κ2) is 12.5. The maximum absolute atomic E-state index is 14.3. The van der Waals surface area contributed by atoms with Crippen molar-refractivity contribution in [1.29, 1.82) is 0 Å². The lowest BCUT2D eigenvalue weighted by Crippen LogP contribution is -2.58. The number of esters is 1. The molecule has 3 rings (SSSR count). The Morgan fingerprint density at radius 3 is 2.64 bits per heavy atom. The highest BCUT2D eigenvalue weighted by atomic mass is 79.9. The van der Waals surface area contributed by atoms with Gasteiger partial charge in [-0.15, -0.1) is 24.9 Å². The van der Waals surface area contributed by atoms with Gasteiger partial charge in [0.15, 0.2) is 0 Å². The van der Waals surface area contributed by atoms with E-state index in [1.165, 1.54) is 0 Å². The molecule has 3 fully saturated rings. The van der Waals surface area contributed by atoms with E-state index < -0.39 is 28.7 Å². The molecule has 36 heavy (non-hydrogen) atoms. The number of hydrogen-bond donors (Lipinski definition) is 1. The lowest BCUT2D eigenvalue weighted by atomic mass is 9.71. The molecule has 1 spiro atoms. The van der Waals surface area contributed by atoms with Crippen molar-refractivity contribution in [2.24, 2.45) is 17.8 Å². The van der Waals surface area contributed by atoms with Crippen molar-refractivity contribution in [3.63, 3.8) is 0 Å². The van der Waals surface area contributed by atoms with Gasteiger partial charge in [-0.05, 0) is 25.2 Å². The van der Waals surface area contributed by atoms with Gasteiger partial charge in [0, 0.05) is 23.2 Å². The summed E-state index contributed by atoms with van der Waals surface area (Å²) in [7, 11) is 0. The molecule has 3 unspecified atom stereocenters. The minimum absolute atomic E-state index is 0.0154. The Morgan fingerprint density at radius 2 is 2.06 bits per heavy atom. The number of carbonyl (C=O) groups excluding carboxylic acids is 3. The molecule has 3 saturated heterocycles. The van der Waals surface area contributed by atoms with E-state index in [0.717, 1.165) is 19.3 Å². The molecular formula is C27H41BrN2O5S. The number of rotatable bonds is 14. The van der Waals surface area contributed by atoms with Gasteiger partial charge in [-0.3, -0.25) is 14.4 Å². The molecule has 0 radical (unpaired) electrons. The average molecular weight is 586 g/mol. The van der Waals surface area contributed by atoms with Crippen molar-refractivity contribution in [1.82, 2.24) is 9.80 Å². The molecule has 7 nitrogen and oxygen atoms in total. The lowest BCUT2D eigenvalue weighted by molar-refractivity contribution is -0.154. The Morgan fingerprint density at radius 1 is 1.33 bits per heavy atom. The topological polar surface area (TPSA) is 87.1 Å². The van der Waals surface area contributed by atoms with Crippen LogP contribution in [-0.4, -0.2) is 85.9 Å². The monoisotopic (exact) mass is 584 g/mol. The maximum Gasteiger partial charge on any atom is 0.310 e. The number of unbranched alkanes of at least 4 members (excludes halogenated alkanes) is 2. The van der Waals surface area contributed by atoms with E-state index in [9.17, 15) is 19.5 Å². The third kappa shape index (κ3) is 5.17. The summed E-state index contributed by atoms with van der Waals surface area (Å²) in [5.74, 6) is -2.06. The van der Waals surface area contributed by atoms with Gasteiger partial charge in [-0.25, -0.2) is 0 Å². The first kappa shape index (κ1) is 29.2. The number of thioether (sulfide) groups is 1. The summed E-state index contributed by atoms with van der Waals surface area (Å²) in [5, 5.41) is 10.2. The van der Waals surface area contributed by atoms with Gasteiger partial charge >= 0.3 is 5.97 Å². The summed E-state index contributed by atoms with van der Waals surface area (Å²) in [5.41, 5.74) is 0. The molecule has 0 aromatic heterocycles. The zero-order valence-electron chi connectivity index (χ0n) is 21.7. The second-order valence-corrected chi connectivity index (χ2v) is 13.1. The van der Waals surface area contributed by atoms with Crippen LogP contribution < -0.4 is 0 Å².